The van der Waals surface area contributed by atoms with E-state index in [1.165, 1.54) is 11.3 Å². The van der Waals surface area contributed by atoms with Crippen molar-refractivity contribution in [2.24, 2.45) is 11.8 Å². The van der Waals surface area contributed by atoms with Crippen LogP contribution < -0.4 is 10.6 Å². The van der Waals surface area contributed by atoms with Gasteiger partial charge in [-0.2, -0.15) is 4.98 Å². The van der Waals surface area contributed by atoms with E-state index in [1.807, 2.05) is 31.2 Å². The first kappa shape index (κ1) is 21.9. The highest BCUT2D eigenvalue weighted by molar-refractivity contribution is 7.21. The number of thiazole rings is 1. The van der Waals surface area contributed by atoms with Crippen molar-refractivity contribution in [3.63, 3.8) is 0 Å². The van der Waals surface area contributed by atoms with E-state index in [9.17, 15) is 15.3 Å². The van der Waals surface area contributed by atoms with Crippen LogP contribution in [0.3, 0.4) is 0 Å². The number of rotatable bonds is 7. The second-order valence-electron chi connectivity index (χ2n) is 8.59. The molecule has 0 aliphatic heterocycles. The standard InChI is InChI=1S/C22H29N5O3S/c1-12(2)10-23-21-24-13(3)17(20-25-15-6-4-5-7-16(15)31-20)19(26-21)27-22(30)9-8-14(11-28)18(22)29/h4-7,12,14,18,28-30H,8-11H2,1-3H3,(H2,23,24,26,27). The van der Waals surface area contributed by atoms with Crippen molar-refractivity contribution in [2.75, 3.05) is 23.8 Å². The van der Waals surface area contributed by atoms with Crippen molar-refractivity contribution in [3.8, 4) is 10.6 Å². The van der Waals surface area contributed by atoms with Crippen LogP contribution in [-0.4, -0.2) is 55.3 Å². The fourth-order valence-corrected chi connectivity index (χ4v) is 4.97. The van der Waals surface area contributed by atoms with Gasteiger partial charge in [0.2, 0.25) is 5.95 Å². The topological polar surface area (TPSA) is 123 Å². The average Bonchev–Trinajstić information content (AvgIpc) is 3.27. The third-order valence-electron chi connectivity index (χ3n) is 5.67. The molecule has 3 unspecified atom stereocenters. The minimum absolute atomic E-state index is 0.181. The first-order chi connectivity index (χ1) is 14.8. The van der Waals surface area contributed by atoms with Gasteiger partial charge in [-0.05, 0) is 37.8 Å². The Labute approximate surface area is 185 Å². The first-order valence-corrected chi connectivity index (χ1v) is 11.4. The third kappa shape index (κ3) is 4.36. The van der Waals surface area contributed by atoms with Crippen LogP contribution in [0.4, 0.5) is 11.8 Å². The van der Waals surface area contributed by atoms with Gasteiger partial charge in [-0.1, -0.05) is 26.0 Å². The smallest absolute Gasteiger partial charge is 0.224 e. The zero-order valence-electron chi connectivity index (χ0n) is 18.0. The Hall–Kier alpha value is -2.33. The Morgan fingerprint density at radius 2 is 2.00 bits per heavy atom. The van der Waals surface area contributed by atoms with Gasteiger partial charge >= 0.3 is 0 Å². The molecule has 166 valence electrons. The molecular formula is C22H29N5O3S. The summed E-state index contributed by atoms with van der Waals surface area (Å²) < 4.78 is 1.05. The number of nitrogens with one attached hydrogen (secondary N) is 2. The maximum atomic E-state index is 11.2. The predicted octanol–water partition coefficient (Wildman–Crippen LogP) is 2.99. The number of hydrogen-bond donors (Lipinski definition) is 5. The first-order valence-electron chi connectivity index (χ1n) is 10.6. The molecule has 0 spiro atoms. The molecule has 1 saturated carbocycles. The Balaban J connectivity index is 1.78. The Kier molecular flexibility index (Phi) is 6.11. The Bertz CT molecular complexity index is 1040. The molecule has 0 radical (unpaired) electrons. The fraction of sp³-hybridized carbons (Fsp3) is 0.500. The highest BCUT2D eigenvalue weighted by atomic mass is 32.1. The number of anilines is 2. The van der Waals surface area contributed by atoms with Crippen LogP contribution in [0.1, 0.15) is 32.4 Å². The van der Waals surface area contributed by atoms with Gasteiger partial charge in [0, 0.05) is 19.1 Å². The molecule has 2 heterocycles. The van der Waals surface area contributed by atoms with Crippen LogP contribution in [0.25, 0.3) is 20.8 Å². The van der Waals surface area contributed by atoms with Crippen molar-refractivity contribution < 1.29 is 15.3 Å². The van der Waals surface area contributed by atoms with E-state index in [2.05, 4.69) is 34.4 Å². The van der Waals surface area contributed by atoms with E-state index in [1.54, 1.807) is 0 Å². The SMILES string of the molecule is Cc1nc(NCC(C)C)nc(NC2(O)CCC(CO)C2O)c1-c1nc2ccccc2s1. The maximum absolute atomic E-state index is 11.2. The van der Waals surface area contributed by atoms with E-state index in [0.717, 1.165) is 20.9 Å². The van der Waals surface area contributed by atoms with Gasteiger partial charge in [-0.3, -0.25) is 0 Å². The largest absolute Gasteiger partial charge is 0.396 e. The van der Waals surface area contributed by atoms with Crippen LogP contribution in [0.15, 0.2) is 24.3 Å². The van der Waals surface area contributed by atoms with E-state index in [4.69, 9.17) is 4.98 Å². The summed E-state index contributed by atoms with van der Waals surface area (Å²) in [6.07, 6.45) is -0.292. The molecule has 31 heavy (non-hydrogen) atoms. The van der Waals surface area contributed by atoms with Crippen LogP contribution >= 0.6 is 11.3 Å². The summed E-state index contributed by atoms with van der Waals surface area (Å²) >= 11 is 1.53. The van der Waals surface area contributed by atoms with E-state index in [-0.39, 0.29) is 12.5 Å². The number of para-hydroxylation sites is 1. The normalized spacial score (nSPS) is 23.6. The lowest BCUT2D eigenvalue weighted by Gasteiger charge is -2.31. The number of fused-ring (bicyclic) bond motifs is 1. The van der Waals surface area contributed by atoms with Gasteiger partial charge in [0.05, 0.1) is 21.5 Å². The third-order valence-corrected chi connectivity index (χ3v) is 6.72. The zero-order chi connectivity index (χ0) is 22.2. The van der Waals surface area contributed by atoms with Crippen molar-refractivity contribution in [1.29, 1.82) is 0 Å². The van der Waals surface area contributed by atoms with E-state index in [0.29, 0.717) is 42.6 Å². The maximum Gasteiger partial charge on any atom is 0.224 e. The number of benzene rings is 1. The summed E-state index contributed by atoms with van der Waals surface area (Å²) in [6.45, 7) is 6.61. The molecule has 0 amide bonds. The number of aryl methyl sites for hydroxylation is 1. The molecule has 0 saturated heterocycles. The molecule has 1 aliphatic carbocycles. The number of nitrogens with zero attached hydrogens (tertiary/aromatic N) is 3. The average molecular weight is 444 g/mol. The summed E-state index contributed by atoms with van der Waals surface area (Å²) in [7, 11) is 0. The lowest BCUT2D eigenvalue weighted by Crippen LogP contribution is -2.48. The quantitative estimate of drug-likeness (QED) is 0.353. The summed E-state index contributed by atoms with van der Waals surface area (Å²) in [5.74, 6) is 0.895. The summed E-state index contributed by atoms with van der Waals surface area (Å²) in [5, 5.41) is 38.3. The van der Waals surface area contributed by atoms with Gasteiger partial charge < -0.3 is 26.0 Å². The number of hydrogen-bond acceptors (Lipinski definition) is 9. The molecule has 8 nitrogen and oxygen atoms in total. The molecule has 1 aromatic carbocycles. The monoisotopic (exact) mass is 443 g/mol. The molecular weight excluding hydrogens is 414 g/mol. The van der Waals surface area contributed by atoms with Gasteiger partial charge in [-0.15, -0.1) is 11.3 Å². The van der Waals surface area contributed by atoms with Crippen LogP contribution in [0.2, 0.25) is 0 Å². The molecule has 2 aromatic heterocycles. The van der Waals surface area contributed by atoms with Crippen LogP contribution in [0, 0.1) is 18.8 Å². The predicted molar refractivity (Wildman–Crippen MR) is 123 cm³/mol. The van der Waals surface area contributed by atoms with Crippen LogP contribution in [-0.2, 0) is 0 Å². The van der Waals surface area contributed by atoms with Gasteiger partial charge in [0.15, 0.2) is 5.72 Å². The molecule has 5 N–H and O–H groups in total. The van der Waals surface area contributed by atoms with Crippen LogP contribution in [0.5, 0.6) is 0 Å². The summed E-state index contributed by atoms with van der Waals surface area (Å²) in [4.78, 5) is 14.0. The van der Waals surface area contributed by atoms with Gasteiger partial charge in [0.1, 0.15) is 16.9 Å². The summed E-state index contributed by atoms with van der Waals surface area (Å²) in [5.41, 5.74) is 0.714. The lowest BCUT2D eigenvalue weighted by atomic mass is 10.0. The molecule has 9 heteroatoms. The van der Waals surface area contributed by atoms with Crippen molar-refractivity contribution >= 4 is 33.3 Å². The fourth-order valence-electron chi connectivity index (χ4n) is 3.91. The molecule has 1 aliphatic rings. The second kappa shape index (κ2) is 8.66. The van der Waals surface area contributed by atoms with E-state index < -0.39 is 11.8 Å². The molecule has 1 fully saturated rings. The highest BCUT2D eigenvalue weighted by Crippen LogP contribution is 2.40. The van der Waals surface area contributed by atoms with Gasteiger partial charge in [0.25, 0.3) is 0 Å². The minimum atomic E-state index is -1.59. The second-order valence-corrected chi connectivity index (χ2v) is 9.62. The minimum Gasteiger partial charge on any atom is -0.396 e. The molecule has 3 aromatic rings. The zero-order valence-corrected chi connectivity index (χ0v) is 18.8. The molecule has 4 rings (SSSR count). The van der Waals surface area contributed by atoms with E-state index >= 15 is 0 Å². The van der Waals surface area contributed by atoms with Crippen molar-refractivity contribution in [3.05, 3.63) is 30.0 Å². The molecule has 3 atom stereocenters. The highest BCUT2D eigenvalue weighted by Gasteiger charge is 2.47. The number of aromatic nitrogens is 3. The number of aliphatic hydroxyl groups excluding tert-OH is 2. The lowest BCUT2D eigenvalue weighted by molar-refractivity contribution is -0.0545. The number of aliphatic hydroxyl groups is 3. The molecule has 0 bridgehead atoms. The van der Waals surface area contributed by atoms with Crippen molar-refractivity contribution in [1.82, 2.24) is 15.0 Å². The van der Waals surface area contributed by atoms with Crippen molar-refractivity contribution in [2.45, 2.75) is 45.4 Å². The Morgan fingerprint density at radius 3 is 2.68 bits per heavy atom. The van der Waals surface area contributed by atoms with Gasteiger partial charge in [-0.25, -0.2) is 9.97 Å². The Morgan fingerprint density at radius 1 is 1.23 bits per heavy atom. The summed E-state index contributed by atoms with van der Waals surface area (Å²) in [6, 6.07) is 7.88.